The molecule has 4 heterocycles. The van der Waals surface area contributed by atoms with Crippen LogP contribution < -0.4 is 5.32 Å². The normalized spacial score (nSPS) is 24.8. The first-order valence-corrected chi connectivity index (χ1v) is 11.0. The van der Waals surface area contributed by atoms with Crippen LogP contribution in [0.4, 0.5) is 0 Å². The number of fused-ring (bicyclic) bond motifs is 3. The molecule has 1 atom stereocenters. The molecule has 2 aromatic rings. The van der Waals surface area contributed by atoms with E-state index in [0.717, 1.165) is 34.7 Å². The molecule has 0 amide bonds. The Morgan fingerprint density at radius 3 is 2.59 bits per heavy atom. The van der Waals surface area contributed by atoms with Crippen molar-refractivity contribution in [1.82, 2.24) is 15.2 Å². The monoisotopic (exact) mass is 381 g/mol. The van der Waals surface area contributed by atoms with E-state index in [1.807, 2.05) is 0 Å². The van der Waals surface area contributed by atoms with Crippen molar-refractivity contribution >= 4 is 11.3 Å². The number of aryl methyl sites for hydroxylation is 1. The molecule has 3 nitrogen and oxygen atoms in total. The first-order valence-electron chi connectivity index (χ1n) is 10.1. The number of piperidine rings is 3. The van der Waals surface area contributed by atoms with Crippen molar-refractivity contribution in [1.29, 1.82) is 0 Å². The van der Waals surface area contributed by atoms with Crippen LogP contribution in [0.3, 0.4) is 0 Å². The standard InChI is InChI=1S/C23H31N3S/c1-16-5-7-19(8-6-16)22-24-21(15-27-22)23(3,4)25-17(2)13-20-14-26-11-9-18(20)10-12-26/h5-8,15,18,20,25H,2,9-14H2,1,3-4H3. The van der Waals surface area contributed by atoms with Gasteiger partial charge in [0.1, 0.15) is 5.01 Å². The predicted molar refractivity (Wildman–Crippen MR) is 115 cm³/mol. The lowest BCUT2D eigenvalue weighted by atomic mass is 9.77. The van der Waals surface area contributed by atoms with E-state index in [1.165, 1.54) is 43.6 Å². The van der Waals surface area contributed by atoms with E-state index in [-0.39, 0.29) is 5.54 Å². The lowest BCUT2D eigenvalue weighted by Crippen LogP contribution is -2.48. The summed E-state index contributed by atoms with van der Waals surface area (Å²) >= 11 is 1.72. The fourth-order valence-corrected chi connectivity index (χ4v) is 5.58. The van der Waals surface area contributed by atoms with Crippen molar-refractivity contribution in [2.45, 2.75) is 45.6 Å². The Bertz CT molecular complexity index is 797. The summed E-state index contributed by atoms with van der Waals surface area (Å²) in [4.78, 5) is 7.55. The molecule has 0 spiro atoms. The maximum atomic E-state index is 4.93. The minimum atomic E-state index is -0.204. The molecule has 3 saturated heterocycles. The van der Waals surface area contributed by atoms with Gasteiger partial charge in [-0.15, -0.1) is 11.3 Å². The summed E-state index contributed by atoms with van der Waals surface area (Å²) in [6.07, 6.45) is 3.82. The molecule has 1 N–H and O–H groups in total. The van der Waals surface area contributed by atoms with Gasteiger partial charge in [-0.3, -0.25) is 0 Å². The molecule has 1 unspecified atom stereocenters. The average Bonchev–Trinajstić information content (AvgIpc) is 3.14. The number of benzene rings is 1. The van der Waals surface area contributed by atoms with E-state index in [1.54, 1.807) is 11.3 Å². The lowest BCUT2D eigenvalue weighted by molar-refractivity contribution is 0.0500. The van der Waals surface area contributed by atoms with Crippen molar-refractivity contribution in [2.24, 2.45) is 11.8 Å². The first kappa shape index (κ1) is 18.7. The Hall–Kier alpha value is -1.65. The maximum absolute atomic E-state index is 4.93. The zero-order valence-electron chi connectivity index (χ0n) is 16.8. The van der Waals surface area contributed by atoms with Gasteiger partial charge in [0, 0.05) is 23.2 Å². The first-order chi connectivity index (χ1) is 12.9. The minimum absolute atomic E-state index is 0.204. The molecular weight excluding hydrogens is 350 g/mol. The third-order valence-corrected chi connectivity index (χ3v) is 7.12. The predicted octanol–water partition coefficient (Wildman–Crippen LogP) is 5.19. The van der Waals surface area contributed by atoms with E-state index in [0.29, 0.717) is 0 Å². The number of hydrogen-bond donors (Lipinski definition) is 1. The lowest BCUT2D eigenvalue weighted by Gasteiger charge is -2.45. The van der Waals surface area contributed by atoms with Gasteiger partial charge in [-0.2, -0.15) is 0 Å². The number of allylic oxidation sites excluding steroid dienone is 1. The summed E-state index contributed by atoms with van der Waals surface area (Å²) in [5.41, 5.74) is 4.52. The molecule has 3 aliphatic rings. The molecule has 1 aromatic heterocycles. The Balaban J connectivity index is 1.41. The number of nitrogens with one attached hydrogen (secondary N) is 1. The van der Waals surface area contributed by atoms with Gasteiger partial charge in [0.25, 0.3) is 0 Å². The summed E-state index contributed by atoms with van der Waals surface area (Å²) in [6.45, 7) is 14.7. The maximum Gasteiger partial charge on any atom is 0.123 e. The summed E-state index contributed by atoms with van der Waals surface area (Å²) in [5.74, 6) is 1.66. The second-order valence-corrected chi connectivity index (χ2v) is 9.72. The summed E-state index contributed by atoms with van der Waals surface area (Å²) in [6, 6.07) is 8.61. The van der Waals surface area contributed by atoms with Gasteiger partial charge in [0.15, 0.2) is 0 Å². The van der Waals surface area contributed by atoms with Gasteiger partial charge >= 0.3 is 0 Å². The molecule has 5 rings (SSSR count). The second kappa shape index (κ2) is 7.40. The minimum Gasteiger partial charge on any atom is -0.378 e. The van der Waals surface area contributed by atoms with Crippen LogP contribution in [0.5, 0.6) is 0 Å². The molecule has 0 aliphatic carbocycles. The number of aromatic nitrogens is 1. The number of thiazole rings is 1. The van der Waals surface area contributed by atoms with Crippen LogP contribution in [0.25, 0.3) is 10.6 Å². The highest BCUT2D eigenvalue weighted by molar-refractivity contribution is 7.13. The highest BCUT2D eigenvalue weighted by Crippen LogP contribution is 2.36. The van der Waals surface area contributed by atoms with Crippen LogP contribution in [-0.4, -0.2) is 29.5 Å². The zero-order chi connectivity index (χ0) is 19.0. The van der Waals surface area contributed by atoms with E-state index in [9.17, 15) is 0 Å². The number of rotatable bonds is 6. The topological polar surface area (TPSA) is 28.2 Å². The molecule has 0 radical (unpaired) electrons. The quantitative estimate of drug-likeness (QED) is 0.746. The van der Waals surface area contributed by atoms with E-state index >= 15 is 0 Å². The molecular formula is C23H31N3S. The van der Waals surface area contributed by atoms with Gasteiger partial charge in [-0.1, -0.05) is 36.4 Å². The van der Waals surface area contributed by atoms with Crippen LogP contribution in [0.15, 0.2) is 41.9 Å². The smallest absolute Gasteiger partial charge is 0.123 e. The van der Waals surface area contributed by atoms with Crippen molar-refractivity contribution in [3.05, 3.63) is 53.2 Å². The Morgan fingerprint density at radius 2 is 1.96 bits per heavy atom. The molecule has 4 heteroatoms. The highest BCUT2D eigenvalue weighted by Gasteiger charge is 2.35. The molecule has 0 saturated carbocycles. The molecule has 1 aromatic carbocycles. The highest BCUT2D eigenvalue weighted by atomic mass is 32.1. The van der Waals surface area contributed by atoms with Gasteiger partial charge in [0.2, 0.25) is 0 Å². The Kier molecular flexibility index (Phi) is 5.13. The van der Waals surface area contributed by atoms with Crippen molar-refractivity contribution < 1.29 is 0 Å². The Morgan fingerprint density at radius 1 is 1.26 bits per heavy atom. The van der Waals surface area contributed by atoms with Crippen LogP contribution >= 0.6 is 11.3 Å². The van der Waals surface area contributed by atoms with Crippen molar-refractivity contribution in [3.63, 3.8) is 0 Å². The summed E-state index contributed by atoms with van der Waals surface area (Å²) in [5, 5.41) is 6.95. The van der Waals surface area contributed by atoms with Crippen LogP contribution in [-0.2, 0) is 5.54 Å². The van der Waals surface area contributed by atoms with E-state index in [4.69, 9.17) is 4.98 Å². The third-order valence-electron chi connectivity index (χ3n) is 6.23. The largest absolute Gasteiger partial charge is 0.378 e. The Labute approximate surface area is 167 Å². The molecule has 3 fully saturated rings. The van der Waals surface area contributed by atoms with Gasteiger partial charge in [0.05, 0.1) is 11.2 Å². The van der Waals surface area contributed by atoms with E-state index in [2.05, 4.69) is 67.2 Å². The molecule has 27 heavy (non-hydrogen) atoms. The number of nitrogens with zero attached hydrogens (tertiary/aromatic N) is 2. The molecule has 2 bridgehead atoms. The summed E-state index contributed by atoms with van der Waals surface area (Å²) < 4.78 is 0. The van der Waals surface area contributed by atoms with Crippen molar-refractivity contribution in [2.75, 3.05) is 19.6 Å². The fraction of sp³-hybridized carbons (Fsp3) is 0.522. The fourth-order valence-electron chi connectivity index (χ4n) is 4.58. The van der Waals surface area contributed by atoms with Gasteiger partial charge < -0.3 is 10.2 Å². The van der Waals surface area contributed by atoms with Crippen LogP contribution in [0.2, 0.25) is 0 Å². The van der Waals surface area contributed by atoms with Crippen molar-refractivity contribution in [3.8, 4) is 10.6 Å². The SMILES string of the molecule is C=C(CC1CN2CCC1CC2)NC(C)(C)c1csc(-c2ccc(C)cc2)n1. The van der Waals surface area contributed by atoms with E-state index < -0.39 is 0 Å². The number of hydrogen-bond acceptors (Lipinski definition) is 4. The third kappa shape index (κ3) is 4.12. The van der Waals surface area contributed by atoms with Crippen LogP contribution in [0, 0.1) is 18.8 Å². The second-order valence-electron chi connectivity index (χ2n) is 8.86. The van der Waals surface area contributed by atoms with Gasteiger partial charge in [-0.25, -0.2) is 4.98 Å². The van der Waals surface area contributed by atoms with Crippen LogP contribution in [0.1, 0.15) is 44.4 Å². The zero-order valence-corrected chi connectivity index (χ0v) is 17.6. The summed E-state index contributed by atoms with van der Waals surface area (Å²) in [7, 11) is 0. The molecule has 144 valence electrons. The molecule has 3 aliphatic heterocycles. The average molecular weight is 382 g/mol. The van der Waals surface area contributed by atoms with Gasteiger partial charge in [-0.05, 0) is 65.0 Å².